The van der Waals surface area contributed by atoms with Crippen molar-refractivity contribution in [2.24, 2.45) is 0 Å². The molecule has 25 heavy (non-hydrogen) atoms. The molecule has 2 aromatic carbocycles. The van der Waals surface area contributed by atoms with Crippen molar-refractivity contribution in [2.45, 2.75) is 32.1 Å². The van der Waals surface area contributed by atoms with E-state index in [2.05, 4.69) is 39.0 Å². The monoisotopic (exact) mass is 333 g/mol. The van der Waals surface area contributed by atoms with Crippen LogP contribution in [0.4, 0.5) is 5.69 Å². The van der Waals surface area contributed by atoms with E-state index in [1.165, 1.54) is 30.3 Å². The van der Waals surface area contributed by atoms with Crippen molar-refractivity contribution < 1.29 is 4.79 Å². The van der Waals surface area contributed by atoms with Crippen molar-refractivity contribution in [3.8, 4) is 5.69 Å². The zero-order valence-corrected chi connectivity index (χ0v) is 13.9. The highest BCUT2D eigenvalue weighted by Crippen LogP contribution is 2.22. The molecule has 1 heterocycles. The third kappa shape index (κ3) is 3.57. The van der Waals surface area contributed by atoms with E-state index in [0.29, 0.717) is 6.42 Å². The van der Waals surface area contributed by atoms with Gasteiger partial charge in [-0.15, -0.1) is 5.10 Å². The largest absolute Gasteiger partial charge is 0.326 e. The average Bonchev–Trinajstić information content (AvgIpc) is 3.17. The predicted molar refractivity (Wildman–Crippen MR) is 94.6 cm³/mol. The SMILES string of the molecule is O=C(Cc1ccc2c(c1)CCCC2)Nc1ccc(-n2cnnn2)cc1. The van der Waals surface area contributed by atoms with Crippen molar-refractivity contribution in [3.05, 3.63) is 65.5 Å². The molecule has 0 saturated heterocycles. The fraction of sp³-hybridized carbons (Fsp3) is 0.263. The van der Waals surface area contributed by atoms with E-state index in [0.717, 1.165) is 29.8 Å². The molecule has 1 aliphatic rings. The Balaban J connectivity index is 1.40. The summed E-state index contributed by atoms with van der Waals surface area (Å²) in [6, 6.07) is 13.9. The highest BCUT2D eigenvalue weighted by Gasteiger charge is 2.11. The number of fused-ring (bicyclic) bond motifs is 1. The summed E-state index contributed by atoms with van der Waals surface area (Å²) in [6.45, 7) is 0. The normalized spacial score (nSPS) is 13.3. The number of rotatable bonds is 4. The van der Waals surface area contributed by atoms with Gasteiger partial charge in [-0.1, -0.05) is 18.2 Å². The summed E-state index contributed by atoms with van der Waals surface area (Å²) in [6.07, 6.45) is 6.73. The maximum atomic E-state index is 12.3. The molecule has 6 nitrogen and oxygen atoms in total. The smallest absolute Gasteiger partial charge is 0.228 e. The third-order valence-corrected chi connectivity index (χ3v) is 4.54. The number of carbonyl (C=O) groups excluding carboxylic acids is 1. The van der Waals surface area contributed by atoms with Gasteiger partial charge in [-0.05, 0) is 77.1 Å². The number of nitrogens with zero attached hydrogens (tertiary/aromatic N) is 4. The van der Waals surface area contributed by atoms with Gasteiger partial charge in [0.25, 0.3) is 0 Å². The number of tetrazole rings is 1. The molecule has 1 N–H and O–H groups in total. The fourth-order valence-corrected chi connectivity index (χ4v) is 3.26. The summed E-state index contributed by atoms with van der Waals surface area (Å²) in [5, 5.41) is 14.0. The second-order valence-corrected chi connectivity index (χ2v) is 6.34. The van der Waals surface area contributed by atoms with Crippen molar-refractivity contribution in [2.75, 3.05) is 5.32 Å². The van der Waals surface area contributed by atoms with Gasteiger partial charge in [0.05, 0.1) is 12.1 Å². The van der Waals surface area contributed by atoms with Gasteiger partial charge < -0.3 is 5.32 Å². The predicted octanol–water partition coefficient (Wildman–Crippen LogP) is 2.72. The first kappa shape index (κ1) is 15.5. The molecule has 0 fully saturated rings. The summed E-state index contributed by atoms with van der Waals surface area (Å²) >= 11 is 0. The van der Waals surface area contributed by atoms with Crippen LogP contribution >= 0.6 is 0 Å². The van der Waals surface area contributed by atoms with Crippen LogP contribution in [0, 0.1) is 0 Å². The Morgan fingerprint density at radius 2 is 1.84 bits per heavy atom. The van der Waals surface area contributed by atoms with Gasteiger partial charge in [-0.25, -0.2) is 4.68 Å². The molecule has 0 spiro atoms. The third-order valence-electron chi connectivity index (χ3n) is 4.54. The first-order valence-corrected chi connectivity index (χ1v) is 8.52. The lowest BCUT2D eigenvalue weighted by molar-refractivity contribution is -0.115. The number of nitrogens with one attached hydrogen (secondary N) is 1. The molecule has 1 amide bonds. The van der Waals surface area contributed by atoms with Crippen LogP contribution in [0.3, 0.4) is 0 Å². The van der Waals surface area contributed by atoms with Crippen LogP contribution in [0.2, 0.25) is 0 Å². The van der Waals surface area contributed by atoms with Crippen molar-refractivity contribution in [3.63, 3.8) is 0 Å². The number of benzene rings is 2. The Bertz CT molecular complexity index is 871. The molecule has 126 valence electrons. The lowest BCUT2D eigenvalue weighted by Crippen LogP contribution is -2.15. The Kier molecular flexibility index (Phi) is 4.24. The topological polar surface area (TPSA) is 72.7 Å². The van der Waals surface area contributed by atoms with Gasteiger partial charge in [0.2, 0.25) is 5.91 Å². The van der Waals surface area contributed by atoms with E-state index in [1.54, 1.807) is 4.68 Å². The van der Waals surface area contributed by atoms with Gasteiger partial charge in [0.15, 0.2) is 0 Å². The Hall–Kier alpha value is -3.02. The Labute approximate surface area is 145 Å². The molecule has 0 aliphatic heterocycles. The number of amides is 1. The minimum atomic E-state index is -0.00840. The lowest BCUT2D eigenvalue weighted by Gasteiger charge is -2.16. The quantitative estimate of drug-likeness (QED) is 0.797. The number of carbonyl (C=O) groups is 1. The summed E-state index contributed by atoms with van der Waals surface area (Å²) in [5.74, 6) is -0.00840. The molecule has 6 heteroatoms. The number of aromatic nitrogens is 4. The molecule has 0 saturated carbocycles. The highest BCUT2D eigenvalue weighted by molar-refractivity contribution is 5.92. The number of hydrogen-bond acceptors (Lipinski definition) is 4. The molecule has 3 aromatic rings. The van der Waals surface area contributed by atoms with E-state index in [4.69, 9.17) is 0 Å². The molecule has 1 aliphatic carbocycles. The first-order valence-electron chi connectivity index (χ1n) is 8.52. The second-order valence-electron chi connectivity index (χ2n) is 6.34. The van der Waals surface area contributed by atoms with E-state index in [-0.39, 0.29) is 5.91 Å². The van der Waals surface area contributed by atoms with Crippen molar-refractivity contribution >= 4 is 11.6 Å². The minimum Gasteiger partial charge on any atom is -0.326 e. The molecule has 4 rings (SSSR count). The van der Waals surface area contributed by atoms with E-state index < -0.39 is 0 Å². The Morgan fingerprint density at radius 3 is 2.60 bits per heavy atom. The van der Waals surface area contributed by atoms with Gasteiger partial charge >= 0.3 is 0 Å². The Morgan fingerprint density at radius 1 is 1.04 bits per heavy atom. The van der Waals surface area contributed by atoms with Crippen LogP contribution in [-0.2, 0) is 24.1 Å². The van der Waals surface area contributed by atoms with Gasteiger partial charge in [-0.3, -0.25) is 4.79 Å². The summed E-state index contributed by atoms with van der Waals surface area (Å²) in [4.78, 5) is 12.3. The summed E-state index contributed by atoms with van der Waals surface area (Å²) < 4.78 is 1.57. The molecule has 0 atom stereocenters. The van der Waals surface area contributed by atoms with Crippen LogP contribution in [0.1, 0.15) is 29.5 Å². The van der Waals surface area contributed by atoms with Gasteiger partial charge in [0.1, 0.15) is 6.33 Å². The van der Waals surface area contributed by atoms with Crippen LogP contribution < -0.4 is 5.32 Å². The van der Waals surface area contributed by atoms with E-state index in [9.17, 15) is 4.79 Å². The van der Waals surface area contributed by atoms with Crippen molar-refractivity contribution in [1.29, 1.82) is 0 Å². The van der Waals surface area contributed by atoms with Gasteiger partial charge in [0, 0.05) is 5.69 Å². The zero-order chi connectivity index (χ0) is 17.1. The molecular formula is C19H19N5O. The molecule has 0 radical (unpaired) electrons. The maximum absolute atomic E-state index is 12.3. The van der Waals surface area contributed by atoms with Crippen molar-refractivity contribution in [1.82, 2.24) is 20.2 Å². The average molecular weight is 333 g/mol. The first-order chi connectivity index (χ1) is 12.3. The molecule has 0 bridgehead atoms. The van der Waals surface area contributed by atoms with Crippen LogP contribution in [-0.4, -0.2) is 26.1 Å². The summed E-state index contributed by atoms with van der Waals surface area (Å²) in [7, 11) is 0. The molecule has 1 aromatic heterocycles. The lowest BCUT2D eigenvalue weighted by atomic mass is 9.90. The van der Waals surface area contributed by atoms with Crippen LogP contribution in [0.5, 0.6) is 0 Å². The standard InChI is InChI=1S/C19H19N5O/c25-19(12-14-5-6-15-3-1-2-4-16(15)11-14)21-17-7-9-18(10-8-17)24-13-20-22-23-24/h5-11,13H,1-4,12H2,(H,21,25). The fourth-order valence-electron chi connectivity index (χ4n) is 3.26. The van der Waals surface area contributed by atoms with Gasteiger partial charge in [-0.2, -0.15) is 0 Å². The summed E-state index contributed by atoms with van der Waals surface area (Å²) in [5.41, 5.74) is 5.52. The number of aryl methyl sites for hydroxylation is 2. The highest BCUT2D eigenvalue weighted by atomic mass is 16.1. The number of anilines is 1. The molecule has 0 unspecified atom stereocenters. The van der Waals surface area contributed by atoms with E-state index >= 15 is 0 Å². The molecular weight excluding hydrogens is 314 g/mol. The van der Waals surface area contributed by atoms with Crippen LogP contribution in [0.15, 0.2) is 48.8 Å². The van der Waals surface area contributed by atoms with Crippen LogP contribution in [0.25, 0.3) is 5.69 Å². The maximum Gasteiger partial charge on any atom is 0.228 e. The zero-order valence-electron chi connectivity index (χ0n) is 13.9. The minimum absolute atomic E-state index is 0.00840. The van der Waals surface area contributed by atoms with E-state index in [1.807, 2.05) is 24.3 Å². The number of hydrogen-bond donors (Lipinski definition) is 1. The second kappa shape index (κ2) is 6.84.